The molecule has 0 aliphatic carbocycles. The van der Waals surface area contributed by atoms with Gasteiger partial charge >= 0.3 is 5.97 Å². The third-order valence-corrected chi connectivity index (χ3v) is 3.33. The third kappa shape index (κ3) is 2.82. The molecule has 1 fully saturated rings. The fourth-order valence-corrected chi connectivity index (χ4v) is 2.42. The molecule has 1 aromatic carbocycles. The van der Waals surface area contributed by atoms with Crippen LogP contribution >= 0.6 is 11.6 Å². The number of amides is 1. The summed E-state index contributed by atoms with van der Waals surface area (Å²) in [6, 6.07) is 6.42. The van der Waals surface area contributed by atoms with Crippen molar-refractivity contribution in [3.8, 4) is 0 Å². The molecule has 1 amide bonds. The van der Waals surface area contributed by atoms with Gasteiger partial charge in [0, 0.05) is 18.0 Å². The van der Waals surface area contributed by atoms with Gasteiger partial charge in [0.25, 0.3) is 0 Å². The van der Waals surface area contributed by atoms with Crippen molar-refractivity contribution in [2.24, 2.45) is 0 Å². The second-order valence-electron chi connectivity index (χ2n) is 4.40. The lowest BCUT2D eigenvalue weighted by atomic mass is 10.0. The standard InChI is InChI=1S/C13H14ClNO3/c14-10-4-1-3-9(7-10)8-15-11(13(17)18)5-2-6-12(15)16/h1,3-4,7,11H,2,5-6,8H2,(H,17,18)/t11-/m0/s1. The number of benzene rings is 1. The van der Waals surface area contributed by atoms with Crippen LogP contribution in [0.25, 0.3) is 0 Å². The van der Waals surface area contributed by atoms with Crippen LogP contribution in [0.4, 0.5) is 0 Å². The molecule has 1 aliphatic rings. The first-order chi connectivity index (χ1) is 8.58. The monoisotopic (exact) mass is 267 g/mol. The van der Waals surface area contributed by atoms with Gasteiger partial charge in [-0.25, -0.2) is 4.79 Å². The summed E-state index contributed by atoms with van der Waals surface area (Å²) in [5, 5.41) is 9.73. The maximum Gasteiger partial charge on any atom is 0.326 e. The summed E-state index contributed by atoms with van der Waals surface area (Å²) in [7, 11) is 0. The zero-order valence-electron chi connectivity index (χ0n) is 9.80. The molecule has 1 saturated heterocycles. The van der Waals surface area contributed by atoms with Gasteiger partial charge in [0.05, 0.1) is 0 Å². The van der Waals surface area contributed by atoms with Gasteiger partial charge in [-0.15, -0.1) is 0 Å². The van der Waals surface area contributed by atoms with E-state index >= 15 is 0 Å². The topological polar surface area (TPSA) is 57.6 Å². The third-order valence-electron chi connectivity index (χ3n) is 3.09. The Morgan fingerprint density at radius 1 is 1.50 bits per heavy atom. The number of carboxylic acids is 1. The number of halogens is 1. The average molecular weight is 268 g/mol. The van der Waals surface area contributed by atoms with Gasteiger partial charge in [-0.1, -0.05) is 23.7 Å². The van der Waals surface area contributed by atoms with E-state index in [4.69, 9.17) is 16.7 Å². The van der Waals surface area contributed by atoms with Crippen molar-refractivity contribution in [3.05, 3.63) is 34.9 Å². The maximum atomic E-state index is 11.8. The number of piperidine rings is 1. The molecule has 1 atom stereocenters. The molecule has 0 spiro atoms. The first kappa shape index (κ1) is 12.9. The van der Waals surface area contributed by atoms with E-state index in [9.17, 15) is 9.59 Å². The molecule has 0 unspecified atom stereocenters. The Labute approximate surface area is 110 Å². The molecule has 0 bridgehead atoms. The molecule has 0 saturated carbocycles. The molecule has 1 aliphatic heterocycles. The molecular formula is C13H14ClNO3. The van der Waals surface area contributed by atoms with Crippen LogP contribution < -0.4 is 0 Å². The van der Waals surface area contributed by atoms with Gasteiger partial charge in [-0.2, -0.15) is 0 Å². The van der Waals surface area contributed by atoms with Crippen molar-refractivity contribution < 1.29 is 14.7 Å². The van der Waals surface area contributed by atoms with Crippen LogP contribution in [0.5, 0.6) is 0 Å². The van der Waals surface area contributed by atoms with Gasteiger partial charge in [0.15, 0.2) is 0 Å². The van der Waals surface area contributed by atoms with Gasteiger partial charge < -0.3 is 10.0 Å². The minimum Gasteiger partial charge on any atom is -0.480 e. The SMILES string of the molecule is O=C(O)[C@@H]1CCCC(=O)N1Cc1cccc(Cl)c1. The van der Waals surface area contributed by atoms with E-state index in [1.807, 2.05) is 6.07 Å². The molecular weight excluding hydrogens is 254 g/mol. The van der Waals surface area contributed by atoms with E-state index in [0.717, 1.165) is 5.56 Å². The maximum absolute atomic E-state index is 11.8. The highest BCUT2D eigenvalue weighted by atomic mass is 35.5. The first-order valence-electron chi connectivity index (χ1n) is 5.84. The van der Waals surface area contributed by atoms with Crippen molar-refractivity contribution in [1.29, 1.82) is 0 Å². The number of nitrogens with zero attached hydrogens (tertiary/aromatic N) is 1. The van der Waals surface area contributed by atoms with Crippen molar-refractivity contribution >= 4 is 23.5 Å². The molecule has 1 N–H and O–H groups in total. The Bertz CT molecular complexity index is 475. The molecule has 18 heavy (non-hydrogen) atoms. The van der Waals surface area contributed by atoms with Crippen LogP contribution in [0.3, 0.4) is 0 Å². The van der Waals surface area contributed by atoms with Crippen LogP contribution in [0.2, 0.25) is 5.02 Å². The Balaban J connectivity index is 2.18. The predicted octanol–water partition coefficient (Wildman–Crippen LogP) is 2.31. The lowest BCUT2D eigenvalue weighted by molar-refractivity contribution is -0.153. The molecule has 1 aromatic rings. The van der Waals surface area contributed by atoms with Crippen LogP contribution in [0.1, 0.15) is 24.8 Å². The largest absolute Gasteiger partial charge is 0.480 e. The molecule has 4 nitrogen and oxygen atoms in total. The Morgan fingerprint density at radius 3 is 2.94 bits per heavy atom. The first-order valence-corrected chi connectivity index (χ1v) is 6.22. The second kappa shape index (κ2) is 5.40. The summed E-state index contributed by atoms with van der Waals surface area (Å²) in [5.41, 5.74) is 0.851. The summed E-state index contributed by atoms with van der Waals surface area (Å²) >= 11 is 5.88. The fraction of sp³-hybridized carbons (Fsp3) is 0.385. The van der Waals surface area contributed by atoms with E-state index in [2.05, 4.69) is 0 Å². The zero-order chi connectivity index (χ0) is 13.1. The van der Waals surface area contributed by atoms with Crippen molar-refractivity contribution in [3.63, 3.8) is 0 Å². The molecule has 0 aromatic heterocycles. The Kier molecular flexibility index (Phi) is 3.87. The minimum atomic E-state index is -0.940. The van der Waals surface area contributed by atoms with Crippen LogP contribution in [0.15, 0.2) is 24.3 Å². The van der Waals surface area contributed by atoms with E-state index in [0.29, 0.717) is 30.8 Å². The summed E-state index contributed by atoms with van der Waals surface area (Å²) in [6.45, 7) is 0.302. The van der Waals surface area contributed by atoms with Crippen molar-refractivity contribution in [1.82, 2.24) is 4.90 Å². The summed E-state index contributed by atoms with van der Waals surface area (Å²) < 4.78 is 0. The van der Waals surface area contributed by atoms with E-state index < -0.39 is 12.0 Å². The summed E-state index contributed by atoms with van der Waals surface area (Å²) in [4.78, 5) is 24.4. The number of carboxylic acid groups (broad SMARTS) is 1. The predicted molar refractivity (Wildman–Crippen MR) is 67.3 cm³/mol. The quantitative estimate of drug-likeness (QED) is 0.914. The number of carbonyl (C=O) groups is 2. The van der Waals surface area contributed by atoms with Gasteiger partial charge in [-0.3, -0.25) is 4.79 Å². The fourth-order valence-electron chi connectivity index (χ4n) is 2.21. The molecule has 5 heteroatoms. The second-order valence-corrected chi connectivity index (χ2v) is 4.83. The number of aliphatic carboxylic acids is 1. The highest BCUT2D eigenvalue weighted by Gasteiger charge is 2.32. The number of hydrogen-bond acceptors (Lipinski definition) is 2. The average Bonchev–Trinajstić information content (AvgIpc) is 2.31. The van der Waals surface area contributed by atoms with E-state index in [-0.39, 0.29) is 5.91 Å². The Morgan fingerprint density at radius 2 is 2.28 bits per heavy atom. The van der Waals surface area contributed by atoms with E-state index in [1.54, 1.807) is 18.2 Å². The normalized spacial score (nSPS) is 19.9. The van der Waals surface area contributed by atoms with Gasteiger partial charge in [0.2, 0.25) is 5.91 Å². The number of carbonyl (C=O) groups excluding carboxylic acids is 1. The highest BCUT2D eigenvalue weighted by molar-refractivity contribution is 6.30. The number of hydrogen-bond donors (Lipinski definition) is 1. The smallest absolute Gasteiger partial charge is 0.326 e. The number of rotatable bonds is 3. The van der Waals surface area contributed by atoms with Crippen molar-refractivity contribution in [2.45, 2.75) is 31.8 Å². The summed E-state index contributed by atoms with van der Waals surface area (Å²) in [6.07, 6.45) is 1.58. The lowest BCUT2D eigenvalue weighted by Crippen LogP contribution is -2.47. The van der Waals surface area contributed by atoms with Crippen LogP contribution in [-0.4, -0.2) is 27.9 Å². The highest BCUT2D eigenvalue weighted by Crippen LogP contribution is 2.22. The summed E-state index contributed by atoms with van der Waals surface area (Å²) in [5.74, 6) is -1.04. The lowest BCUT2D eigenvalue weighted by Gasteiger charge is -2.33. The molecule has 2 rings (SSSR count). The van der Waals surface area contributed by atoms with Crippen LogP contribution in [-0.2, 0) is 16.1 Å². The van der Waals surface area contributed by atoms with E-state index in [1.165, 1.54) is 4.90 Å². The minimum absolute atomic E-state index is 0.103. The molecule has 1 heterocycles. The molecule has 0 radical (unpaired) electrons. The van der Waals surface area contributed by atoms with Crippen LogP contribution in [0, 0.1) is 0 Å². The molecule has 96 valence electrons. The van der Waals surface area contributed by atoms with Gasteiger partial charge in [0.1, 0.15) is 6.04 Å². The number of likely N-dealkylation sites (tertiary alicyclic amines) is 1. The Hall–Kier alpha value is -1.55. The zero-order valence-corrected chi connectivity index (χ0v) is 10.6. The van der Waals surface area contributed by atoms with Gasteiger partial charge in [-0.05, 0) is 30.5 Å². The van der Waals surface area contributed by atoms with Crippen molar-refractivity contribution in [2.75, 3.05) is 0 Å².